The largest absolute Gasteiger partial charge is 0.497 e. The van der Waals surface area contributed by atoms with Crippen molar-refractivity contribution in [2.45, 2.75) is 6.04 Å². The molecule has 0 saturated carbocycles. The van der Waals surface area contributed by atoms with E-state index in [1.165, 1.54) is 0 Å². The molecule has 1 heterocycles. The number of benzene rings is 3. The van der Waals surface area contributed by atoms with Crippen LogP contribution in [0.5, 0.6) is 5.75 Å². The van der Waals surface area contributed by atoms with Crippen molar-refractivity contribution in [3.8, 4) is 5.75 Å². The number of nitrogens with one attached hydrogen (secondary N) is 1. The number of fused-ring (bicyclic) bond motifs is 1. The number of nitrogens with zero attached hydrogens (tertiary/aromatic N) is 2. The number of hydrogen-bond donors (Lipinski definition) is 1. The Balaban J connectivity index is 1.67. The van der Waals surface area contributed by atoms with Gasteiger partial charge in [0.1, 0.15) is 17.6 Å². The third-order valence-electron chi connectivity index (χ3n) is 4.85. The van der Waals surface area contributed by atoms with Gasteiger partial charge in [-0.2, -0.15) is 0 Å². The number of carbonyl (C=O) groups is 1. The predicted octanol–water partition coefficient (Wildman–Crippen LogP) is 4.10. The summed E-state index contributed by atoms with van der Waals surface area (Å²) in [7, 11) is 3.55. The van der Waals surface area contributed by atoms with E-state index >= 15 is 0 Å². The Hall–Kier alpha value is -3.60. The fraction of sp³-hybridized carbons (Fsp3) is 0.130. The monoisotopic (exact) mass is 371 g/mol. The van der Waals surface area contributed by atoms with Crippen LogP contribution >= 0.6 is 0 Å². The highest BCUT2D eigenvalue weighted by atomic mass is 16.5. The fourth-order valence-electron chi connectivity index (χ4n) is 3.29. The Bertz CT molecular complexity index is 1120. The number of ether oxygens (including phenoxy) is 1. The molecule has 1 amide bonds. The number of aryl methyl sites for hydroxylation is 1. The average molecular weight is 371 g/mol. The second-order valence-electron chi connectivity index (χ2n) is 6.64. The molecule has 0 spiro atoms. The zero-order chi connectivity index (χ0) is 19.5. The van der Waals surface area contributed by atoms with Gasteiger partial charge in [-0.1, -0.05) is 42.5 Å². The standard InChI is InChI=1S/C23H21N3O2/c1-26-14-13-24-22(26)21(17-9-11-20(28-2)12-10-17)25-23(27)19-8-7-16-5-3-4-6-18(16)15-19/h3-15,21H,1-2H3,(H,25,27)/t21-/m1/s1. The van der Waals surface area contributed by atoms with Gasteiger partial charge in [-0.05, 0) is 40.6 Å². The number of aromatic nitrogens is 2. The highest BCUT2D eigenvalue weighted by molar-refractivity contribution is 5.98. The van der Waals surface area contributed by atoms with Crippen LogP contribution in [-0.4, -0.2) is 22.6 Å². The van der Waals surface area contributed by atoms with Gasteiger partial charge in [0.25, 0.3) is 5.91 Å². The molecule has 0 unspecified atom stereocenters. The van der Waals surface area contributed by atoms with Crippen molar-refractivity contribution in [2.75, 3.05) is 7.11 Å². The molecule has 4 aromatic rings. The van der Waals surface area contributed by atoms with Gasteiger partial charge in [0, 0.05) is 25.0 Å². The van der Waals surface area contributed by atoms with Crippen LogP contribution in [0.2, 0.25) is 0 Å². The van der Waals surface area contributed by atoms with E-state index in [0.29, 0.717) is 5.56 Å². The Labute approximate surface area is 163 Å². The molecule has 1 aromatic heterocycles. The first kappa shape index (κ1) is 17.8. The lowest BCUT2D eigenvalue weighted by atomic mass is 10.0. The van der Waals surface area contributed by atoms with Gasteiger partial charge in [0.2, 0.25) is 0 Å². The quantitative estimate of drug-likeness (QED) is 0.575. The number of carbonyl (C=O) groups excluding carboxylic acids is 1. The lowest BCUT2D eigenvalue weighted by Crippen LogP contribution is -2.31. The van der Waals surface area contributed by atoms with Crippen molar-refractivity contribution in [3.05, 3.63) is 96.1 Å². The Morgan fingerprint density at radius 3 is 2.46 bits per heavy atom. The lowest BCUT2D eigenvalue weighted by Gasteiger charge is -2.19. The van der Waals surface area contributed by atoms with Crippen LogP contribution in [0.1, 0.15) is 27.8 Å². The molecule has 5 nitrogen and oxygen atoms in total. The molecular formula is C23H21N3O2. The molecule has 140 valence electrons. The van der Waals surface area contributed by atoms with Crippen LogP contribution in [0.15, 0.2) is 79.1 Å². The van der Waals surface area contributed by atoms with Crippen molar-refractivity contribution in [2.24, 2.45) is 7.05 Å². The van der Waals surface area contributed by atoms with E-state index < -0.39 is 0 Å². The molecule has 4 rings (SSSR count). The second kappa shape index (κ2) is 7.56. The van der Waals surface area contributed by atoms with E-state index in [1.54, 1.807) is 13.3 Å². The normalized spacial score (nSPS) is 11.9. The van der Waals surface area contributed by atoms with Crippen molar-refractivity contribution in [3.63, 3.8) is 0 Å². The summed E-state index contributed by atoms with van der Waals surface area (Å²) < 4.78 is 7.16. The van der Waals surface area contributed by atoms with Crippen LogP contribution in [0, 0.1) is 0 Å². The lowest BCUT2D eigenvalue weighted by molar-refractivity contribution is 0.0941. The van der Waals surface area contributed by atoms with Crippen molar-refractivity contribution in [1.29, 1.82) is 0 Å². The number of imidazole rings is 1. The molecular weight excluding hydrogens is 350 g/mol. The number of hydrogen-bond acceptors (Lipinski definition) is 3. The molecule has 0 aliphatic rings. The van der Waals surface area contributed by atoms with E-state index in [0.717, 1.165) is 27.9 Å². The molecule has 0 radical (unpaired) electrons. The van der Waals surface area contributed by atoms with Crippen LogP contribution in [0.25, 0.3) is 10.8 Å². The highest BCUT2D eigenvalue weighted by Crippen LogP contribution is 2.24. The third-order valence-corrected chi connectivity index (χ3v) is 4.85. The Morgan fingerprint density at radius 2 is 1.79 bits per heavy atom. The number of methoxy groups -OCH3 is 1. The van der Waals surface area contributed by atoms with Crippen LogP contribution < -0.4 is 10.1 Å². The first-order chi connectivity index (χ1) is 13.7. The van der Waals surface area contributed by atoms with Gasteiger partial charge < -0.3 is 14.6 Å². The maximum atomic E-state index is 13.0. The molecule has 0 aliphatic carbocycles. The van der Waals surface area contributed by atoms with E-state index in [4.69, 9.17) is 4.74 Å². The number of amides is 1. The SMILES string of the molecule is COc1ccc([C@@H](NC(=O)c2ccc3ccccc3c2)c2nccn2C)cc1. The van der Waals surface area contributed by atoms with E-state index in [9.17, 15) is 4.79 Å². The van der Waals surface area contributed by atoms with Gasteiger partial charge in [-0.15, -0.1) is 0 Å². The first-order valence-corrected chi connectivity index (χ1v) is 9.06. The van der Waals surface area contributed by atoms with Gasteiger partial charge in [0.05, 0.1) is 7.11 Å². The van der Waals surface area contributed by atoms with E-state index in [1.807, 2.05) is 84.5 Å². The molecule has 5 heteroatoms. The van der Waals surface area contributed by atoms with Crippen LogP contribution in [0.4, 0.5) is 0 Å². The van der Waals surface area contributed by atoms with Gasteiger partial charge >= 0.3 is 0 Å². The topological polar surface area (TPSA) is 56.1 Å². The van der Waals surface area contributed by atoms with Crippen molar-refractivity contribution >= 4 is 16.7 Å². The second-order valence-corrected chi connectivity index (χ2v) is 6.64. The molecule has 0 bridgehead atoms. The van der Waals surface area contributed by atoms with E-state index in [-0.39, 0.29) is 11.9 Å². The molecule has 1 atom stereocenters. The average Bonchev–Trinajstić information content (AvgIpc) is 3.17. The fourth-order valence-corrected chi connectivity index (χ4v) is 3.29. The minimum absolute atomic E-state index is 0.144. The minimum Gasteiger partial charge on any atom is -0.497 e. The summed E-state index contributed by atoms with van der Waals surface area (Å²) in [4.78, 5) is 17.5. The van der Waals surface area contributed by atoms with Crippen LogP contribution in [0.3, 0.4) is 0 Å². The number of rotatable bonds is 5. The molecule has 0 aliphatic heterocycles. The summed E-state index contributed by atoms with van der Waals surface area (Å²) in [5, 5.41) is 5.27. The summed E-state index contributed by atoms with van der Waals surface area (Å²) in [6.07, 6.45) is 3.60. The molecule has 28 heavy (non-hydrogen) atoms. The highest BCUT2D eigenvalue weighted by Gasteiger charge is 2.21. The summed E-state index contributed by atoms with van der Waals surface area (Å²) >= 11 is 0. The Morgan fingerprint density at radius 1 is 1.04 bits per heavy atom. The smallest absolute Gasteiger partial charge is 0.252 e. The van der Waals surface area contributed by atoms with Gasteiger partial charge in [-0.25, -0.2) is 4.98 Å². The molecule has 0 fully saturated rings. The summed E-state index contributed by atoms with van der Waals surface area (Å²) in [6.45, 7) is 0. The molecule has 0 saturated heterocycles. The molecule has 3 aromatic carbocycles. The zero-order valence-corrected chi connectivity index (χ0v) is 15.8. The van der Waals surface area contributed by atoms with Gasteiger partial charge in [0.15, 0.2) is 0 Å². The zero-order valence-electron chi connectivity index (χ0n) is 15.8. The summed E-state index contributed by atoms with van der Waals surface area (Å²) in [5.41, 5.74) is 1.55. The van der Waals surface area contributed by atoms with Gasteiger partial charge in [-0.3, -0.25) is 4.79 Å². The minimum atomic E-state index is -0.370. The van der Waals surface area contributed by atoms with Crippen molar-refractivity contribution < 1.29 is 9.53 Å². The Kier molecular flexibility index (Phi) is 4.81. The summed E-state index contributed by atoms with van der Waals surface area (Å²) in [6, 6.07) is 21.0. The first-order valence-electron chi connectivity index (χ1n) is 9.06. The third kappa shape index (κ3) is 3.47. The summed E-state index contributed by atoms with van der Waals surface area (Å²) in [5.74, 6) is 1.39. The van der Waals surface area contributed by atoms with Crippen LogP contribution in [-0.2, 0) is 7.05 Å². The molecule has 1 N–H and O–H groups in total. The van der Waals surface area contributed by atoms with Crippen molar-refractivity contribution in [1.82, 2.24) is 14.9 Å². The predicted molar refractivity (Wildman–Crippen MR) is 109 cm³/mol. The van der Waals surface area contributed by atoms with E-state index in [2.05, 4.69) is 10.3 Å². The maximum Gasteiger partial charge on any atom is 0.252 e. The maximum absolute atomic E-state index is 13.0.